The van der Waals surface area contributed by atoms with Crippen molar-refractivity contribution in [3.63, 3.8) is 0 Å². The molecule has 1 unspecified atom stereocenters. The molecular formula is C24H26N4OS. The van der Waals surface area contributed by atoms with Gasteiger partial charge in [-0.15, -0.1) is 10.2 Å². The van der Waals surface area contributed by atoms with Crippen LogP contribution in [0.15, 0.2) is 47.6 Å². The van der Waals surface area contributed by atoms with Gasteiger partial charge in [0.15, 0.2) is 10.8 Å². The number of para-hydroxylation sites is 1. The fourth-order valence-corrected chi connectivity index (χ4v) is 4.71. The molecule has 1 atom stereocenters. The van der Waals surface area contributed by atoms with E-state index in [1.807, 2.05) is 32.9 Å². The minimum atomic E-state index is -0.266. The standard InChI is InChI=1S/C24H26N4OS/c1-6-20(23(29)25-19-12-14(2)10-11-15(19)3)30-24-27-26-21-13-17(5)18-9-7-8-16(4)22(18)28(21)24/h7-13,20H,6H2,1-5H3,(H,25,29). The van der Waals surface area contributed by atoms with Crippen LogP contribution in [0.3, 0.4) is 0 Å². The highest BCUT2D eigenvalue weighted by Crippen LogP contribution is 2.31. The topological polar surface area (TPSA) is 59.3 Å². The Kier molecular flexibility index (Phi) is 5.52. The van der Waals surface area contributed by atoms with Crippen molar-refractivity contribution in [2.45, 2.75) is 51.4 Å². The van der Waals surface area contributed by atoms with Crippen LogP contribution < -0.4 is 5.32 Å². The lowest BCUT2D eigenvalue weighted by atomic mass is 10.1. The summed E-state index contributed by atoms with van der Waals surface area (Å²) in [5, 5.41) is 13.6. The number of benzene rings is 2. The van der Waals surface area contributed by atoms with Gasteiger partial charge in [-0.05, 0) is 68.5 Å². The average Bonchev–Trinajstić information content (AvgIpc) is 3.11. The van der Waals surface area contributed by atoms with Gasteiger partial charge in [-0.3, -0.25) is 9.20 Å². The van der Waals surface area contributed by atoms with Crippen LogP contribution in [-0.4, -0.2) is 25.8 Å². The molecule has 0 saturated heterocycles. The quantitative estimate of drug-likeness (QED) is 0.427. The first-order chi connectivity index (χ1) is 14.4. The molecular weight excluding hydrogens is 392 g/mol. The zero-order valence-electron chi connectivity index (χ0n) is 18.0. The summed E-state index contributed by atoms with van der Waals surface area (Å²) < 4.78 is 2.08. The number of carbonyl (C=O) groups excluding carboxylic acids is 1. The Hall–Kier alpha value is -2.86. The van der Waals surface area contributed by atoms with Gasteiger partial charge in [0.05, 0.1) is 10.8 Å². The van der Waals surface area contributed by atoms with E-state index in [0.717, 1.165) is 38.7 Å². The third-order valence-electron chi connectivity index (χ3n) is 5.45. The molecule has 4 aromatic rings. The molecule has 154 valence electrons. The lowest BCUT2D eigenvalue weighted by Crippen LogP contribution is -2.25. The molecule has 5 nitrogen and oxygen atoms in total. The van der Waals surface area contributed by atoms with Crippen molar-refractivity contribution in [1.82, 2.24) is 14.6 Å². The number of nitrogens with one attached hydrogen (secondary N) is 1. The van der Waals surface area contributed by atoms with Crippen LogP contribution in [0.5, 0.6) is 0 Å². The predicted octanol–water partition coefficient (Wildman–Crippen LogP) is 5.63. The maximum Gasteiger partial charge on any atom is 0.237 e. The summed E-state index contributed by atoms with van der Waals surface area (Å²) in [5.74, 6) is -0.0129. The second kappa shape index (κ2) is 8.11. The molecule has 1 amide bonds. The fraction of sp³-hybridized carbons (Fsp3) is 0.292. The van der Waals surface area contributed by atoms with Crippen molar-refractivity contribution >= 4 is 39.9 Å². The van der Waals surface area contributed by atoms with Crippen LogP contribution in [0.1, 0.15) is 35.6 Å². The van der Waals surface area contributed by atoms with Crippen LogP contribution in [0.4, 0.5) is 5.69 Å². The zero-order chi connectivity index (χ0) is 21.4. The number of pyridine rings is 1. The number of anilines is 1. The van der Waals surface area contributed by atoms with Crippen molar-refractivity contribution in [2.75, 3.05) is 5.32 Å². The van der Waals surface area contributed by atoms with Crippen molar-refractivity contribution < 1.29 is 4.79 Å². The average molecular weight is 419 g/mol. The molecule has 4 rings (SSSR count). The van der Waals surface area contributed by atoms with E-state index in [1.165, 1.54) is 22.7 Å². The van der Waals surface area contributed by atoms with E-state index in [0.29, 0.717) is 6.42 Å². The van der Waals surface area contributed by atoms with Gasteiger partial charge in [0, 0.05) is 11.1 Å². The van der Waals surface area contributed by atoms with Gasteiger partial charge in [0.1, 0.15) is 0 Å². The molecule has 2 aromatic heterocycles. The molecule has 0 aliphatic carbocycles. The number of hydrogen-bond acceptors (Lipinski definition) is 4. The number of rotatable bonds is 5. The predicted molar refractivity (Wildman–Crippen MR) is 124 cm³/mol. The summed E-state index contributed by atoms with van der Waals surface area (Å²) in [6, 6.07) is 14.4. The Bertz CT molecular complexity index is 1260. The number of aryl methyl sites for hydroxylation is 4. The minimum absolute atomic E-state index is 0.0129. The van der Waals surface area contributed by atoms with Crippen LogP contribution in [0.25, 0.3) is 16.6 Å². The number of thioether (sulfide) groups is 1. The molecule has 0 saturated carbocycles. The molecule has 1 N–H and O–H groups in total. The number of aromatic nitrogens is 3. The first-order valence-electron chi connectivity index (χ1n) is 10.2. The van der Waals surface area contributed by atoms with Crippen LogP contribution in [0.2, 0.25) is 0 Å². The van der Waals surface area contributed by atoms with Crippen LogP contribution in [0, 0.1) is 27.7 Å². The number of carbonyl (C=O) groups is 1. The number of hydrogen-bond donors (Lipinski definition) is 1. The Morgan fingerprint density at radius 1 is 1.03 bits per heavy atom. The van der Waals surface area contributed by atoms with Crippen molar-refractivity contribution in [1.29, 1.82) is 0 Å². The Labute approximate surface area is 180 Å². The lowest BCUT2D eigenvalue weighted by Gasteiger charge is -2.16. The van der Waals surface area contributed by atoms with Gasteiger partial charge in [-0.2, -0.15) is 0 Å². The van der Waals surface area contributed by atoms with Gasteiger partial charge in [-0.25, -0.2) is 0 Å². The monoisotopic (exact) mass is 418 g/mol. The smallest absolute Gasteiger partial charge is 0.237 e. The molecule has 0 aliphatic rings. The van der Waals surface area contributed by atoms with Gasteiger partial charge in [0.25, 0.3) is 0 Å². The van der Waals surface area contributed by atoms with Gasteiger partial charge >= 0.3 is 0 Å². The molecule has 0 spiro atoms. The van der Waals surface area contributed by atoms with Crippen molar-refractivity contribution in [3.8, 4) is 0 Å². The fourth-order valence-electron chi connectivity index (χ4n) is 3.74. The first-order valence-corrected chi connectivity index (χ1v) is 11.1. The number of amides is 1. The molecule has 6 heteroatoms. The van der Waals surface area contributed by atoms with Crippen molar-refractivity contribution in [3.05, 3.63) is 64.7 Å². The van der Waals surface area contributed by atoms with E-state index in [1.54, 1.807) is 0 Å². The third-order valence-corrected chi connectivity index (χ3v) is 6.76. The Balaban J connectivity index is 1.70. The van der Waals surface area contributed by atoms with E-state index >= 15 is 0 Å². The van der Waals surface area contributed by atoms with E-state index in [9.17, 15) is 4.79 Å². The number of fused-ring (bicyclic) bond motifs is 3. The summed E-state index contributed by atoms with van der Waals surface area (Å²) in [4.78, 5) is 13.1. The molecule has 2 aromatic carbocycles. The Morgan fingerprint density at radius 2 is 1.83 bits per heavy atom. The van der Waals surface area contributed by atoms with Gasteiger partial charge in [0.2, 0.25) is 5.91 Å². The number of nitrogens with zero attached hydrogens (tertiary/aromatic N) is 3. The highest BCUT2D eigenvalue weighted by atomic mass is 32.2. The molecule has 0 fully saturated rings. The van der Waals surface area contributed by atoms with Gasteiger partial charge < -0.3 is 5.32 Å². The summed E-state index contributed by atoms with van der Waals surface area (Å²) >= 11 is 1.47. The van der Waals surface area contributed by atoms with E-state index < -0.39 is 0 Å². The normalized spacial score (nSPS) is 12.4. The molecule has 0 aliphatic heterocycles. The third kappa shape index (κ3) is 3.67. The first kappa shape index (κ1) is 20.4. The molecule has 0 bridgehead atoms. The zero-order valence-corrected chi connectivity index (χ0v) is 18.8. The van der Waals surface area contributed by atoms with Crippen LogP contribution >= 0.6 is 11.8 Å². The summed E-state index contributed by atoms with van der Waals surface area (Å²) in [7, 11) is 0. The molecule has 0 radical (unpaired) electrons. The maximum atomic E-state index is 13.1. The highest BCUT2D eigenvalue weighted by molar-refractivity contribution is 8.00. The second-order valence-electron chi connectivity index (χ2n) is 7.80. The van der Waals surface area contributed by atoms with E-state index in [4.69, 9.17) is 0 Å². The summed E-state index contributed by atoms with van der Waals surface area (Å²) in [6.07, 6.45) is 0.694. The second-order valence-corrected chi connectivity index (χ2v) is 8.97. The SMILES string of the molecule is CCC(Sc1nnc2cc(C)c3cccc(C)c3n12)C(=O)Nc1cc(C)ccc1C. The lowest BCUT2D eigenvalue weighted by molar-refractivity contribution is -0.115. The highest BCUT2D eigenvalue weighted by Gasteiger charge is 2.23. The largest absolute Gasteiger partial charge is 0.325 e. The molecule has 2 heterocycles. The van der Waals surface area contributed by atoms with E-state index in [2.05, 4.69) is 64.1 Å². The van der Waals surface area contributed by atoms with Crippen molar-refractivity contribution in [2.24, 2.45) is 0 Å². The Morgan fingerprint density at radius 3 is 2.60 bits per heavy atom. The van der Waals surface area contributed by atoms with Gasteiger partial charge in [-0.1, -0.05) is 49.0 Å². The minimum Gasteiger partial charge on any atom is -0.325 e. The van der Waals surface area contributed by atoms with E-state index in [-0.39, 0.29) is 11.2 Å². The maximum absolute atomic E-state index is 13.1. The summed E-state index contributed by atoms with van der Waals surface area (Å²) in [6.45, 7) is 10.2. The summed E-state index contributed by atoms with van der Waals surface area (Å²) in [5.41, 5.74) is 7.28. The molecule has 30 heavy (non-hydrogen) atoms. The van der Waals surface area contributed by atoms with Crippen LogP contribution in [-0.2, 0) is 4.79 Å².